The van der Waals surface area contributed by atoms with Crippen LogP contribution in [0.5, 0.6) is 0 Å². The largest absolute Gasteiger partial charge is 0.370 e. The fourth-order valence-electron chi connectivity index (χ4n) is 1.52. The van der Waals surface area contributed by atoms with Gasteiger partial charge < -0.3 is 11.1 Å². The molecule has 104 valence electrons. The van der Waals surface area contributed by atoms with Crippen molar-refractivity contribution in [3.63, 3.8) is 0 Å². The van der Waals surface area contributed by atoms with E-state index in [2.05, 4.69) is 16.2 Å². The Kier molecular flexibility index (Phi) is 6.91. The molecule has 0 aliphatic heterocycles. The summed E-state index contributed by atoms with van der Waals surface area (Å²) in [6, 6.07) is 7.70. The molecule has 1 rings (SSSR count). The number of nitrogens with one attached hydrogen (secondary N) is 1. The Hall–Kier alpha value is -1.22. The maximum Gasteiger partial charge on any atom is 0.194 e. The molecule has 0 fully saturated rings. The third-order valence-electron chi connectivity index (χ3n) is 2.54. The van der Waals surface area contributed by atoms with E-state index in [0.29, 0.717) is 5.96 Å². The van der Waals surface area contributed by atoms with Gasteiger partial charge in [0, 0.05) is 5.69 Å². The van der Waals surface area contributed by atoms with Crippen LogP contribution < -0.4 is 11.1 Å². The fraction of sp³-hybridized carbons (Fsp3) is 0.400. The minimum absolute atomic E-state index is 0. The van der Waals surface area contributed by atoms with Crippen LogP contribution in [0.4, 0.5) is 5.69 Å². The van der Waals surface area contributed by atoms with Crippen LogP contribution in [0.3, 0.4) is 0 Å². The van der Waals surface area contributed by atoms with Gasteiger partial charge >= 0.3 is 0 Å². The molecule has 0 amide bonds. The number of nitrogens with zero attached hydrogens (tertiary/aromatic N) is 1. The maximum absolute atomic E-state index is 5.87. The maximum atomic E-state index is 5.87. The lowest BCUT2D eigenvalue weighted by Crippen LogP contribution is -2.30. The second-order valence-corrected chi connectivity index (χ2v) is 5.44. The lowest BCUT2D eigenvalue weighted by Gasteiger charge is -2.23. The van der Waals surface area contributed by atoms with Crippen molar-refractivity contribution in [2.24, 2.45) is 16.1 Å². The number of hydrogen-bond acceptors (Lipinski definition) is 1. The zero-order valence-corrected chi connectivity index (χ0v) is 14.2. The molecule has 0 spiro atoms. The van der Waals surface area contributed by atoms with Crippen LogP contribution in [0.25, 0.3) is 0 Å². The van der Waals surface area contributed by atoms with Crippen LogP contribution in [-0.4, -0.2) is 12.0 Å². The molecule has 0 aromatic heterocycles. The molecule has 0 bridgehead atoms. The molecule has 0 heterocycles. The topological polar surface area (TPSA) is 50.4 Å². The summed E-state index contributed by atoms with van der Waals surface area (Å²) in [6.07, 6.45) is 5.48. The first-order chi connectivity index (χ1) is 8.32. The van der Waals surface area contributed by atoms with E-state index >= 15 is 0 Å². The average Bonchev–Trinajstić information content (AvgIpc) is 2.24. The van der Waals surface area contributed by atoms with Gasteiger partial charge in [0.2, 0.25) is 0 Å². The third-order valence-corrected chi connectivity index (χ3v) is 2.54. The van der Waals surface area contributed by atoms with E-state index in [1.54, 1.807) is 0 Å². The van der Waals surface area contributed by atoms with Gasteiger partial charge in [0.15, 0.2) is 5.96 Å². The van der Waals surface area contributed by atoms with Gasteiger partial charge in [-0.25, -0.2) is 4.99 Å². The van der Waals surface area contributed by atoms with Gasteiger partial charge in [-0.05, 0) is 30.0 Å². The SMILES string of the molecule is C#CC(N=C(N)Nc1cccc(C)c1)C(C)(C)C.I. The first kappa shape index (κ1) is 17.8. The highest BCUT2D eigenvalue weighted by molar-refractivity contribution is 14.0. The minimum Gasteiger partial charge on any atom is -0.370 e. The second-order valence-electron chi connectivity index (χ2n) is 5.44. The van der Waals surface area contributed by atoms with E-state index in [1.165, 1.54) is 0 Å². The molecule has 0 aliphatic carbocycles. The predicted octanol–water partition coefficient (Wildman–Crippen LogP) is 3.39. The molecule has 0 aliphatic rings. The number of nitrogens with two attached hydrogens (primary N) is 1. The van der Waals surface area contributed by atoms with E-state index in [-0.39, 0.29) is 35.4 Å². The van der Waals surface area contributed by atoms with Crippen LogP contribution >= 0.6 is 24.0 Å². The number of rotatable bonds is 2. The van der Waals surface area contributed by atoms with Crippen LogP contribution in [0, 0.1) is 24.7 Å². The summed E-state index contributed by atoms with van der Waals surface area (Å²) in [6.45, 7) is 8.15. The normalized spacial score (nSPS) is 13.1. The molecule has 0 radical (unpaired) electrons. The number of benzene rings is 1. The number of aliphatic imine (C=N–C) groups is 1. The summed E-state index contributed by atoms with van der Waals surface area (Å²) >= 11 is 0. The van der Waals surface area contributed by atoms with Gasteiger partial charge in [0.05, 0.1) is 0 Å². The molecule has 1 atom stereocenters. The van der Waals surface area contributed by atoms with Crippen molar-refractivity contribution in [1.29, 1.82) is 0 Å². The van der Waals surface area contributed by atoms with Gasteiger partial charge in [0.25, 0.3) is 0 Å². The first-order valence-electron chi connectivity index (χ1n) is 5.96. The summed E-state index contributed by atoms with van der Waals surface area (Å²) in [7, 11) is 0. The summed E-state index contributed by atoms with van der Waals surface area (Å²) in [5, 5.41) is 3.05. The Morgan fingerprint density at radius 3 is 2.53 bits per heavy atom. The fourth-order valence-corrected chi connectivity index (χ4v) is 1.52. The monoisotopic (exact) mass is 371 g/mol. The van der Waals surface area contributed by atoms with E-state index in [1.807, 2.05) is 52.0 Å². The summed E-state index contributed by atoms with van der Waals surface area (Å²) in [4.78, 5) is 4.34. The van der Waals surface area contributed by atoms with Crippen molar-refractivity contribution >= 4 is 35.6 Å². The number of guanidine groups is 1. The lowest BCUT2D eigenvalue weighted by atomic mass is 9.88. The molecule has 0 saturated carbocycles. The van der Waals surface area contributed by atoms with Gasteiger partial charge in [-0.15, -0.1) is 30.4 Å². The smallest absolute Gasteiger partial charge is 0.194 e. The highest BCUT2D eigenvalue weighted by Gasteiger charge is 2.22. The van der Waals surface area contributed by atoms with Crippen molar-refractivity contribution in [3.05, 3.63) is 29.8 Å². The molecule has 3 nitrogen and oxygen atoms in total. The van der Waals surface area contributed by atoms with Crippen LogP contribution in [0.15, 0.2) is 29.3 Å². The number of anilines is 1. The third kappa shape index (κ3) is 5.97. The second kappa shape index (κ2) is 7.39. The molecular formula is C15H22IN3. The zero-order chi connectivity index (χ0) is 13.8. The molecule has 1 aromatic rings. The van der Waals surface area contributed by atoms with Gasteiger partial charge in [-0.3, -0.25) is 0 Å². The standard InChI is InChI=1S/C15H21N3.HI/c1-6-13(15(3,4)5)18-14(16)17-12-9-7-8-11(2)10-12;/h1,7-10,13H,2-5H3,(H3,16,17,18);1H. The molecule has 1 aromatic carbocycles. The Morgan fingerprint density at radius 2 is 2.05 bits per heavy atom. The van der Waals surface area contributed by atoms with Gasteiger partial charge in [-0.1, -0.05) is 38.8 Å². The molecule has 4 heteroatoms. The number of hydrogen-bond donors (Lipinski definition) is 2. The Bertz CT molecular complexity index is 481. The Balaban J connectivity index is 0.00000324. The van der Waals surface area contributed by atoms with Crippen molar-refractivity contribution < 1.29 is 0 Å². The van der Waals surface area contributed by atoms with E-state index in [0.717, 1.165) is 11.3 Å². The minimum atomic E-state index is -0.241. The van der Waals surface area contributed by atoms with Crippen molar-refractivity contribution in [1.82, 2.24) is 0 Å². The summed E-state index contributed by atoms with van der Waals surface area (Å²) in [5.41, 5.74) is 7.85. The van der Waals surface area contributed by atoms with Gasteiger partial charge in [-0.2, -0.15) is 0 Å². The van der Waals surface area contributed by atoms with Crippen molar-refractivity contribution in [2.45, 2.75) is 33.7 Å². The van der Waals surface area contributed by atoms with Gasteiger partial charge in [0.1, 0.15) is 6.04 Å². The van der Waals surface area contributed by atoms with E-state index in [9.17, 15) is 0 Å². The number of aryl methyl sites for hydroxylation is 1. The Labute approximate surface area is 133 Å². The highest BCUT2D eigenvalue weighted by atomic mass is 127. The molecule has 3 N–H and O–H groups in total. The number of halogens is 1. The van der Waals surface area contributed by atoms with Crippen LogP contribution in [0.2, 0.25) is 0 Å². The quantitative estimate of drug-likeness (QED) is 0.362. The van der Waals surface area contributed by atoms with Crippen molar-refractivity contribution in [2.75, 3.05) is 5.32 Å². The zero-order valence-electron chi connectivity index (χ0n) is 11.9. The first-order valence-corrected chi connectivity index (χ1v) is 5.96. The van der Waals surface area contributed by atoms with Crippen molar-refractivity contribution in [3.8, 4) is 12.3 Å². The summed E-state index contributed by atoms with van der Waals surface area (Å²) < 4.78 is 0. The molecule has 19 heavy (non-hydrogen) atoms. The molecule has 1 unspecified atom stereocenters. The highest BCUT2D eigenvalue weighted by Crippen LogP contribution is 2.21. The van der Waals surface area contributed by atoms with E-state index < -0.39 is 0 Å². The number of terminal acetylenes is 1. The average molecular weight is 371 g/mol. The molecule has 0 saturated heterocycles. The predicted molar refractivity (Wildman–Crippen MR) is 93.9 cm³/mol. The van der Waals surface area contributed by atoms with Crippen LogP contribution in [0.1, 0.15) is 26.3 Å². The van der Waals surface area contributed by atoms with Crippen LogP contribution in [-0.2, 0) is 0 Å². The summed E-state index contributed by atoms with van der Waals surface area (Å²) in [5.74, 6) is 3.01. The lowest BCUT2D eigenvalue weighted by molar-refractivity contribution is 0.376. The molecular weight excluding hydrogens is 349 g/mol. The van der Waals surface area contributed by atoms with E-state index in [4.69, 9.17) is 12.2 Å². The Morgan fingerprint density at radius 1 is 1.42 bits per heavy atom.